The summed E-state index contributed by atoms with van der Waals surface area (Å²) in [5.41, 5.74) is 1.54. The number of likely N-dealkylation sites (tertiary alicyclic amines) is 1. The molecule has 1 saturated heterocycles. The van der Waals surface area contributed by atoms with Gasteiger partial charge in [-0.15, -0.1) is 5.10 Å². The zero-order valence-electron chi connectivity index (χ0n) is 16.5. The van der Waals surface area contributed by atoms with Crippen molar-refractivity contribution in [2.24, 2.45) is 0 Å². The fourth-order valence-electron chi connectivity index (χ4n) is 3.72. The lowest BCUT2D eigenvalue weighted by atomic mass is 10.0. The Kier molecular flexibility index (Phi) is 5.24. The third kappa shape index (κ3) is 3.83. The van der Waals surface area contributed by atoms with E-state index in [2.05, 4.69) is 5.10 Å². The van der Waals surface area contributed by atoms with Crippen LogP contribution in [0, 0.1) is 6.92 Å². The molecule has 0 spiro atoms. The molecule has 0 atom stereocenters. The summed E-state index contributed by atoms with van der Waals surface area (Å²) in [5, 5.41) is 4.35. The van der Waals surface area contributed by atoms with Crippen molar-refractivity contribution in [2.45, 2.75) is 32.2 Å². The van der Waals surface area contributed by atoms with Crippen molar-refractivity contribution in [1.29, 1.82) is 0 Å². The van der Waals surface area contributed by atoms with Gasteiger partial charge in [-0.05, 0) is 31.9 Å². The number of piperidine rings is 1. The van der Waals surface area contributed by atoms with E-state index >= 15 is 0 Å². The number of nitrogens with zero attached hydrogens (tertiary/aromatic N) is 3. The summed E-state index contributed by atoms with van der Waals surface area (Å²) in [7, 11) is 1.60. The van der Waals surface area contributed by atoms with E-state index in [1.54, 1.807) is 20.1 Å². The summed E-state index contributed by atoms with van der Waals surface area (Å²) in [4.78, 5) is 26.8. The van der Waals surface area contributed by atoms with Crippen LogP contribution in [0.4, 0.5) is 0 Å². The van der Waals surface area contributed by atoms with E-state index in [1.807, 2.05) is 29.2 Å². The third-order valence-corrected chi connectivity index (χ3v) is 5.36. The Balaban J connectivity index is 1.41. The SMILES string of the molecule is COc1ccccc1CC(=O)N1CCC(n2nc(-c3ccoc3C)oc2=O)CC1. The fourth-order valence-corrected chi connectivity index (χ4v) is 3.72. The Hall–Kier alpha value is -3.29. The van der Waals surface area contributed by atoms with Crippen molar-refractivity contribution < 1.29 is 18.4 Å². The highest BCUT2D eigenvalue weighted by Crippen LogP contribution is 2.26. The van der Waals surface area contributed by atoms with Crippen LogP contribution in [0.2, 0.25) is 0 Å². The van der Waals surface area contributed by atoms with E-state index in [4.69, 9.17) is 13.6 Å². The Labute approximate surface area is 167 Å². The van der Waals surface area contributed by atoms with E-state index in [0.717, 1.165) is 5.56 Å². The average molecular weight is 397 g/mol. The lowest BCUT2D eigenvalue weighted by Gasteiger charge is -2.31. The van der Waals surface area contributed by atoms with Gasteiger partial charge < -0.3 is 18.5 Å². The number of carbonyl (C=O) groups is 1. The molecule has 0 N–H and O–H groups in total. The maximum Gasteiger partial charge on any atom is 0.437 e. The number of furan rings is 1. The van der Waals surface area contributed by atoms with Crippen LogP contribution in [0.3, 0.4) is 0 Å². The Bertz CT molecular complexity index is 1060. The number of ether oxygens (including phenoxy) is 1. The highest BCUT2D eigenvalue weighted by Gasteiger charge is 2.27. The predicted octanol–water partition coefficient (Wildman–Crippen LogP) is 2.82. The molecule has 8 heteroatoms. The van der Waals surface area contributed by atoms with Crippen molar-refractivity contribution >= 4 is 5.91 Å². The first-order chi connectivity index (χ1) is 14.1. The second-order valence-electron chi connectivity index (χ2n) is 7.11. The molecule has 0 radical (unpaired) electrons. The van der Waals surface area contributed by atoms with Gasteiger partial charge in [0, 0.05) is 18.7 Å². The summed E-state index contributed by atoms with van der Waals surface area (Å²) < 4.78 is 17.3. The monoisotopic (exact) mass is 397 g/mol. The lowest BCUT2D eigenvalue weighted by Crippen LogP contribution is -2.41. The average Bonchev–Trinajstić information content (AvgIpc) is 3.33. The molecular formula is C21H23N3O5. The minimum atomic E-state index is -0.487. The van der Waals surface area contributed by atoms with Gasteiger partial charge in [-0.2, -0.15) is 4.68 Å². The highest BCUT2D eigenvalue weighted by atomic mass is 16.5. The number of aromatic nitrogens is 2. The zero-order chi connectivity index (χ0) is 20.4. The van der Waals surface area contributed by atoms with Crippen LogP contribution in [-0.4, -0.2) is 40.8 Å². The molecule has 2 aromatic heterocycles. The summed E-state index contributed by atoms with van der Waals surface area (Å²) in [5.74, 6) is 1.19. The Morgan fingerprint density at radius 2 is 2.00 bits per heavy atom. The van der Waals surface area contributed by atoms with Gasteiger partial charge in [-0.3, -0.25) is 4.79 Å². The minimum Gasteiger partial charge on any atom is -0.496 e. The number of carbonyl (C=O) groups excluding carboxylic acids is 1. The lowest BCUT2D eigenvalue weighted by molar-refractivity contribution is -0.131. The molecule has 1 fully saturated rings. The number of hydrogen-bond acceptors (Lipinski definition) is 6. The largest absolute Gasteiger partial charge is 0.496 e. The first kappa shape index (κ1) is 19.0. The second kappa shape index (κ2) is 7.98. The number of aryl methyl sites for hydroxylation is 1. The van der Waals surface area contributed by atoms with Crippen LogP contribution in [0.15, 0.2) is 50.2 Å². The molecular weight excluding hydrogens is 374 g/mol. The molecule has 152 valence electrons. The van der Waals surface area contributed by atoms with Crippen LogP contribution >= 0.6 is 0 Å². The first-order valence-electron chi connectivity index (χ1n) is 9.60. The van der Waals surface area contributed by atoms with Gasteiger partial charge in [0.1, 0.15) is 11.5 Å². The van der Waals surface area contributed by atoms with Crippen molar-refractivity contribution in [3.05, 3.63) is 58.5 Å². The van der Waals surface area contributed by atoms with Gasteiger partial charge in [0.05, 0.1) is 31.4 Å². The van der Waals surface area contributed by atoms with Crippen LogP contribution in [0.1, 0.15) is 30.2 Å². The molecule has 0 unspecified atom stereocenters. The quantitative estimate of drug-likeness (QED) is 0.658. The number of para-hydroxylation sites is 1. The maximum atomic E-state index is 12.7. The number of rotatable bonds is 5. The maximum absolute atomic E-state index is 12.7. The Morgan fingerprint density at radius 3 is 2.69 bits per heavy atom. The van der Waals surface area contributed by atoms with Gasteiger partial charge in [0.2, 0.25) is 5.91 Å². The van der Waals surface area contributed by atoms with E-state index in [1.165, 1.54) is 10.9 Å². The van der Waals surface area contributed by atoms with Crippen molar-refractivity contribution in [2.75, 3.05) is 20.2 Å². The highest BCUT2D eigenvalue weighted by molar-refractivity contribution is 5.79. The Morgan fingerprint density at radius 1 is 1.24 bits per heavy atom. The standard InChI is InChI=1S/C21H23N3O5/c1-14-17(9-12-28-14)20-22-24(21(26)29-20)16-7-10-23(11-8-16)19(25)13-15-5-3-4-6-18(15)27-2/h3-6,9,12,16H,7-8,10-11,13H2,1-2H3. The molecule has 4 rings (SSSR count). The summed E-state index contributed by atoms with van der Waals surface area (Å²) in [6, 6.07) is 9.16. The fraction of sp³-hybridized carbons (Fsp3) is 0.381. The molecule has 0 aliphatic carbocycles. The molecule has 29 heavy (non-hydrogen) atoms. The van der Waals surface area contributed by atoms with Crippen LogP contribution in [-0.2, 0) is 11.2 Å². The van der Waals surface area contributed by atoms with Crippen molar-refractivity contribution in [3.63, 3.8) is 0 Å². The van der Waals surface area contributed by atoms with Crippen molar-refractivity contribution in [3.8, 4) is 17.2 Å². The van der Waals surface area contributed by atoms with Crippen LogP contribution < -0.4 is 10.5 Å². The molecule has 1 aromatic carbocycles. The van der Waals surface area contributed by atoms with Crippen LogP contribution in [0.5, 0.6) is 5.75 Å². The smallest absolute Gasteiger partial charge is 0.437 e. The second-order valence-corrected chi connectivity index (χ2v) is 7.11. The molecule has 3 heterocycles. The van der Waals surface area contributed by atoms with Crippen molar-refractivity contribution in [1.82, 2.24) is 14.7 Å². The molecule has 1 amide bonds. The predicted molar refractivity (Wildman–Crippen MR) is 105 cm³/mol. The van der Waals surface area contributed by atoms with Gasteiger partial charge in [0.25, 0.3) is 5.89 Å². The normalized spacial score (nSPS) is 14.9. The number of amides is 1. The van der Waals surface area contributed by atoms with Gasteiger partial charge in [-0.1, -0.05) is 18.2 Å². The van der Waals surface area contributed by atoms with E-state index in [0.29, 0.717) is 49.4 Å². The van der Waals surface area contributed by atoms with Gasteiger partial charge in [0.15, 0.2) is 0 Å². The first-order valence-corrected chi connectivity index (χ1v) is 9.60. The molecule has 0 bridgehead atoms. The minimum absolute atomic E-state index is 0.0511. The molecule has 8 nitrogen and oxygen atoms in total. The van der Waals surface area contributed by atoms with E-state index < -0.39 is 5.76 Å². The number of benzene rings is 1. The van der Waals surface area contributed by atoms with E-state index in [-0.39, 0.29) is 17.8 Å². The summed E-state index contributed by atoms with van der Waals surface area (Å²) in [6.45, 7) is 2.93. The number of methoxy groups -OCH3 is 1. The van der Waals surface area contributed by atoms with Crippen LogP contribution in [0.25, 0.3) is 11.5 Å². The third-order valence-electron chi connectivity index (χ3n) is 5.36. The summed E-state index contributed by atoms with van der Waals surface area (Å²) >= 11 is 0. The molecule has 3 aromatic rings. The number of hydrogen-bond donors (Lipinski definition) is 0. The van der Waals surface area contributed by atoms with Gasteiger partial charge in [-0.25, -0.2) is 4.79 Å². The van der Waals surface area contributed by atoms with E-state index in [9.17, 15) is 9.59 Å². The molecule has 1 aliphatic heterocycles. The summed E-state index contributed by atoms with van der Waals surface area (Å²) in [6.07, 6.45) is 3.12. The molecule has 0 saturated carbocycles. The topological polar surface area (TPSA) is 90.7 Å². The molecule has 1 aliphatic rings. The zero-order valence-corrected chi connectivity index (χ0v) is 16.5. The van der Waals surface area contributed by atoms with Gasteiger partial charge >= 0.3 is 5.76 Å².